The fourth-order valence-electron chi connectivity index (χ4n) is 1.68. The predicted molar refractivity (Wildman–Crippen MR) is 77.3 cm³/mol. The van der Waals surface area contributed by atoms with Crippen molar-refractivity contribution in [3.05, 3.63) is 39.1 Å². The van der Waals surface area contributed by atoms with Gasteiger partial charge in [-0.2, -0.15) is 0 Å². The van der Waals surface area contributed by atoms with Crippen molar-refractivity contribution in [1.82, 2.24) is 4.98 Å². The fourth-order valence-corrected chi connectivity index (χ4v) is 3.08. The molecule has 0 spiro atoms. The molecule has 2 aromatic rings. The molecule has 1 aromatic carbocycles. The highest BCUT2D eigenvalue weighted by atomic mass is 79.9. The lowest BCUT2D eigenvalue weighted by Crippen LogP contribution is -2.04. The van der Waals surface area contributed by atoms with Crippen LogP contribution in [0.4, 0.5) is 0 Å². The maximum atomic E-state index is 5.58. The second-order valence-electron chi connectivity index (χ2n) is 4.03. The van der Waals surface area contributed by atoms with E-state index in [9.17, 15) is 0 Å². The van der Waals surface area contributed by atoms with Gasteiger partial charge in [0.05, 0.1) is 10.7 Å². The molecule has 0 saturated carbocycles. The van der Waals surface area contributed by atoms with Gasteiger partial charge in [0, 0.05) is 21.3 Å². The van der Waals surface area contributed by atoms with Crippen LogP contribution in [0.5, 0.6) is 0 Å². The molecule has 2 N–H and O–H groups in total. The maximum absolute atomic E-state index is 5.58. The van der Waals surface area contributed by atoms with Crippen LogP contribution in [0.25, 0.3) is 11.3 Å². The number of thiazole rings is 1. The molecular weight excluding hydrogens is 296 g/mol. The highest BCUT2D eigenvalue weighted by Crippen LogP contribution is 2.31. The predicted octanol–water partition coefficient (Wildman–Crippen LogP) is 4.02. The van der Waals surface area contributed by atoms with Gasteiger partial charge in [0.2, 0.25) is 0 Å². The fraction of sp³-hybridized carbons (Fsp3) is 0.308. The molecule has 0 aliphatic rings. The monoisotopic (exact) mass is 310 g/mol. The van der Waals surface area contributed by atoms with Gasteiger partial charge >= 0.3 is 0 Å². The van der Waals surface area contributed by atoms with Crippen LogP contribution in [0.2, 0.25) is 0 Å². The molecule has 0 bridgehead atoms. The zero-order valence-corrected chi connectivity index (χ0v) is 12.1. The Balaban J connectivity index is 2.27. The first-order valence-corrected chi connectivity index (χ1v) is 7.30. The molecule has 0 amide bonds. The van der Waals surface area contributed by atoms with Crippen LogP contribution in [0, 0.1) is 0 Å². The Kier molecular flexibility index (Phi) is 4.31. The molecule has 0 saturated heterocycles. The smallest absolute Gasteiger partial charge is 0.0961 e. The SMILES string of the molecule is CC(CCN)c1nc(-c2ccccc2Br)cs1. The Hall–Kier alpha value is -0.710. The van der Waals surface area contributed by atoms with Gasteiger partial charge in [-0.3, -0.25) is 0 Å². The first-order valence-electron chi connectivity index (χ1n) is 5.62. The van der Waals surface area contributed by atoms with Crippen molar-refractivity contribution in [2.45, 2.75) is 19.3 Å². The Morgan fingerprint density at radius 1 is 1.41 bits per heavy atom. The summed E-state index contributed by atoms with van der Waals surface area (Å²) in [5, 5.41) is 3.28. The van der Waals surface area contributed by atoms with Crippen LogP contribution < -0.4 is 5.73 Å². The lowest BCUT2D eigenvalue weighted by molar-refractivity contribution is 0.685. The van der Waals surface area contributed by atoms with Crippen LogP contribution in [-0.2, 0) is 0 Å². The van der Waals surface area contributed by atoms with Gasteiger partial charge in [0.1, 0.15) is 0 Å². The summed E-state index contributed by atoms with van der Waals surface area (Å²) in [5.74, 6) is 0.446. The van der Waals surface area contributed by atoms with Gasteiger partial charge in [-0.25, -0.2) is 4.98 Å². The number of nitrogens with zero attached hydrogens (tertiary/aromatic N) is 1. The topological polar surface area (TPSA) is 38.9 Å². The van der Waals surface area contributed by atoms with Gasteiger partial charge in [-0.15, -0.1) is 11.3 Å². The average Bonchev–Trinajstić information content (AvgIpc) is 2.79. The van der Waals surface area contributed by atoms with Gasteiger partial charge in [0.25, 0.3) is 0 Å². The molecule has 2 nitrogen and oxygen atoms in total. The van der Waals surface area contributed by atoms with Crippen molar-refractivity contribution < 1.29 is 0 Å². The Labute approximate surface area is 114 Å². The standard InChI is InChI=1S/C13H15BrN2S/c1-9(6-7-15)13-16-12(8-17-13)10-4-2-3-5-11(10)14/h2-5,8-9H,6-7,15H2,1H3. The summed E-state index contributed by atoms with van der Waals surface area (Å²) < 4.78 is 1.09. The summed E-state index contributed by atoms with van der Waals surface area (Å²) in [6.07, 6.45) is 0.989. The third kappa shape index (κ3) is 2.94. The van der Waals surface area contributed by atoms with Gasteiger partial charge in [-0.05, 0) is 19.0 Å². The van der Waals surface area contributed by atoms with Crippen molar-refractivity contribution in [1.29, 1.82) is 0 Å². The molecule has 2 rings (SSSR count). The van der Waals surface area contributed by atoms with Crippen molar-refractivity contribution in [3.63, 3.8) is 0 Å². The van der Waals surface area contributed by atoms with E-state index in [-0.39, 0.29) is 0 Å². The number of hydrogen-bond donors (Lipinski definition) is 1. The number of aromatic nitrogens is 1. The van der Waals surface area contributed by atoms with E-state index in [0.29, 0.717) is 12.5 Å². The number of halogens is 1. The van der Waals surface area contributed by atoms with Gasteiger partial charge in [0.15, 0.2) is 0 Å². The molecule has 17 heavy (non-hydrogen) atoms. The zero-order valence-electron chi connectivity index (χ0n) is 9.69. The third-order valence-electron chi connectivity index (χ3n) is 2.69. The lowest BCUT2D eigenvalue weighted by atomic mass is 10.1. The molecule has 0 fully saturated rings. The highest BCUT2D eigenvalue weighted by molar-refractivity contribution is 9.10. The number of benzene rings is 1. The Morgan fingerprint density at radius 2 is 2.18 bits per heavy atom. The summed E-state index contributed by atoms with van der Waals surface area (Å²) in [4.78, 5) is 4.69. The Morgan fingerprint density at radius 3 is 2.88 bits per heavy atom. The molecule has 0 radical (unpaired) electrons. The lowest BCUT2D eigenvalue weighted by Gasteiger charge is -2.05. The minimum Gasteiger partial charge on any atom is -0.330 e. The summed E-state index contributed by atoms with van der Waals surface area (Å²) in [5.41, 5.74) is 7.77. The van der Waals surface area contributed by atoms with Crippen molar-refractivity contribution >= 4 is 27.3 Å². The summed E-state index contributed by atoms with van der Waals surface area (Å²) in [7, 11) is 0. The summed E-state index contributed by atoms with van der Waals surface area (Å²) in [6, 6.07) is 8.16. The van der Waals surface area contributed by atoms with E-state index >= 15 is 0 Å². The largest absolute Gasteiger partial charge is 0.330 e. The van der Waals surface area contributed by atoms with E-state index in [4.69, 9.17) is 10.7 Å². The summed E-state index contributed by atoms with van der Waals surface area (Å²) >= 11 is 5.27. The van der Waals surface area contributed by atoms with E-state index in [1.54, 1.807) is 11.3 Å². The van der Waals surface area contributed by atoms with Crippen LogP contribution >= 0.6 is 27.3 Å². The molecular formula is C13H15BrN2S. The first-order chi connectivity index (χ1) is 8.22. The third-order valence-corrected chi connectivity index (χ3v) is 4.46. The normalized spacial score (nSPS) is 12.6. The minimum absolute atomic E-state index is 0.446. The first kappa shape index (κ1) is 12.7. The second kappa shape index (κ2) is 5.76. The molecule has 1 aromatic heterocycles. The molecule has 4 heteroatoms. The average molecular weight is 311 g/mol. The van der Waals surface area contributed by atoms with E-state index < -0.39 is 0 Å². The van der Waals surface area contributed by atoms with E-state index in [1.165, 1.54) is 5.01 Å². The van der Waals surface area contributed by atoms with Crippen LogP contribution in [0.15, 0.2) is 34.1 Å². The van der Waals surface area contributed by atoms with Crippen molar-refractivity contribution in [2.24, 2.45) is 5.73 Å². The van der Waals surface area contributed by atoms with Gasteiger partial charge in [-0.1, -0.05) is 41.1 Å². The van der Waals surface area contributed by atoms with Gasteiger partial charge < -0.3 is 5.73 Å². The molecule has 90 valence electrons. The van der Waals surface area contributed by atoms with Crippen LogP contribution in [0.3, 0.4) is 0 Å². The van der Waals surface area contributed by atoms with E-state index in [0.717, 1.165) is 22.2 Å². The number of hydrogen-bond acceptors (Lipinski definition) is 3. The molecule has 1 atom stereocenters. The van der Waals surface area contributed by atoms with E-state index in [1.807, 2.05) is 18.2 Å². The minimum atomic E-state index is 0.446. The summed E-state index contributed by atoms with van der Waals surface area (Å²) in [6.45, 7) is 2.89. The molecule has 0 aliphatic carbocycles. The van der Waals surface area contributed by atoms with Crippen LogP contribution in [-0.4, -0.2) is 11.5 Å². The number of nitrogens with two attached hydrogens (primary N) is 1. The van der Waals surface area contributed by atoms with E-state index in [2.05, 4.69) is 34.3 Å². The second-order valence-corrected chi connectivity index (χ2v) is 5.77. The maximum Gasteiger partial charge on any atom is 0.0961 e. The molecule has 0 aliphatic heterocycles. The Bertz CT molecular complexity index is 496. The van der Waals surface area contributed by atoms with Crippen LogP contribution in [0.1, 0.15) is 24.3 Å². The highest BCUT2D eigenvalue weighted by Gasteiger charge is 2.11. The van der Waals surface area contributed by atoms with Crippen molar-refractivity contribution in [3.8, 4) is 11.3 Å². The van der Waals surface area contributed by atoms with Crippen molar-refractivity contribution in [2.75, 3.05) is 6.54 Å². The molecule has 1 unspecified atom stereocenters. The number of rotatable bonds is 4. The quantitative estimate of drug-likeness (QED) is 0.926. The molecule has 1 heterocycles. The zero-order chi connectivity index (χ0) is 12.3.